The minimum atomic E-state index is 0.281. The lowest BCUT2D eigenvalue weighted by Gasteiger charge is -2.04. The molecule has 1 nitrogen and oxygen atoms in total. The Morgan fingerprint density at radius 3 is 2.29 bits per heavy atom. The van der Waals surface area contributed by atoms with Crippen molar-refractivity contribution in [3.8, 4) is 16.9 Å². The van der Waals surface area contributed by atoms with Crippen LogP contribution in [0.25, 0.3) is 11.1 Å². The number of benzene rings is 2. The molecule has 0 unspecified atom stereocenters. The Labute approximate surface area is 83.6 Å². The molecule has 2 aromatic rings. The van der Waals surface area contributed by atoms with Crippen molar-refractivity contribution in [2.24, 2.45) is 0 Å². The second kappa shape index (κ2) is 3.54. The summed E-state index contributed by atoms with van der Waals surface area (Å²) in [5.41, 5.74) is 2.69. The van der Waals surface area contributed by atoms with Gasteiger partial charge < -0.3 is 5.11 Å². The first-order valence-electron chi connectivity index (χ1n) is 4.48. The van der Waals surface area contributed by atoms with Crippen LogP contribution in [0, 0.1) is 6.92 Å². The fourth-order valence-electron chi connectivity index (χ4n) is 1.44. The summed E-state index contributed by atoms with van der Waals surface area (Å²) in [6.45, 7) is 3.76. The van der Waals surface area contributed by atoms with Crippen molar-refractivity contribution in [2.45, 2.75) is 0 Å². The van der Waals surface area contributed by atoms with Crippen LogP contribution < -0.4 is 0 Å². The Morgan fingerprint density at radius 1 is 0.929 bits per heavy atom. The Hall–Kier alpha value is -1.76. The average Bonchev–Trinajstić information content (AvgIpc) is 2.19. The van der Waals surface area contributed by atoms with Crippen molar-refractivity contribution >= 4 is 0 Å². The molecule has 0 aliphatic heterocycles. The minimum Gasteiger partial charge on any atom is -0.507 e. The van der Waals surface area contributed by atoms with Crippen molar-refractivity contribution in [3.63, 3.8) is 0 Å². The second-order valence-electron chi connectivity index (χ2n) is 3.22. The maximum atomic E-state index is 9.70. The molecule has 2 rings (SSSR count). The van der Waals surface area contributed by atoms with Gasteiger partial charge in [0, 0.05) is 5.56 Å². The summed E-state index contributed by atoms with van der Waals surface area (Å²) in [7, 11) is 0. The van der Waals surface area contributed by atoms with Gasteiger partial charge in [0.1, 0.15) is 5.75 Å². The topological polar surface area (TPSA) is 20.2 Å². The number of phenols is 1. The fraction of sp³-hybridized carbons (Fsp3) is 0. The molecule has 1 N–H and O–H groups in total. The number of rotatable bonds is 1. The van der Waals surface area contributed by atoms with E-state index in [2.05, 4.69) is 6.92 Å². The first kappa shape index (κ1) is 8.82. The van der Waals surface area contributed by atoms with E-state index in [1.54, 1.807) is 6.07 Å². The van der Waals surface area contributed by atoms with Gasteiger partial charge in [0.25, 0.3) is 0 Å². The lowest BCUT2D eigenvalue weighted by Crippen LogP contribution is -1.79. The third kappa shape index (κ3) is 1.62. The van der Waals surface area contributed by atoms with Crippen molar-refractivity contribution in [1.82, 2.24) is 0 Å². The highest BCUT2D eigenvalue weighted by Gasteiger charge is 2.02. The first-order valence-corrected chi connectivity index (χ1v) is 4.48. The molecule has 0 atom stereocenters. The molecule has 1 heteroatoms. The lowest BCUT2D eigenvalue weighted by atomic mass is 10.0. The van der Waals surface area contributed by atoms with Crippen LogP contribution in [0.2, 0.25) is 0 Å². The Bertz CT molecular complexity index is 432. The standard InChI is InChI=1S/C13H11O/c1-10-7-8-12(13(14)9-10)11-5-3-2-4-6-11/h2-9,14H,1H2. The van der Waals surface area contributed by atoms with Crippen molar-refractivity contribution < 1.29 is 5.11 Å². The molecule has 0 saturated heterocycles. The molecule has 0 spiro atoms. The van der Waals surface area contributed by atoms with E-state index in [1.807, 2.05) is 42.5 Å². The van der Waals surface area contributed by atoms with E-state index in [4.69, 9.17) is 0 Å². The lowest BCUT2D eigenvalue weighted by molar-refractivity contribution is 0.477. The van der Waals surface area contributed by atoms with Gasteiger partial charge in [-0.2, -0.15) is 0 Å². The van der Waals surface area contributed by atoms with Crippen LogP contribution in [0.4, 0.5) is 0 Å². The fourth-order valence-corrected chi connectivity index (χ4v) is 1.44. The van der Waals surface area contributed by atoms with Gasteiger partial charge >= 0.3 is 0 Å². The van der Waals surface area contributed by atoms with Crippen LogP contribution in [0.5, 0.6) is 5.75 Å². The van der Waals surface area contributed by atoms with E-state index in [-0.39, 0.29) is 5.75 Å². The van der Waals surface area contributed by atoms with E-state index < -0.39 is 0 Å². The number of phenolic OH excluding ortho intramolecular Hbond substituents is 1. The highest BCUT2D eigenvalue weighted by molar-refractivity contribution is 5.70. The van der Waals surface area contributed by atoms with Crippen LogP contribution in [0.1, 0.15) is 5.56 Å². The monoisotopic (exact) mass is 183 g/mol. The summed E-state index contributed by atoms with van der Waals surface area (Å²) in [4.78, 5) is 0. The van der Waals surface area contributed by atoms with E-state index in [0.29, 0.717) is 0 Å². The van der Waals surface area contributed by atoms with Crippen molar-refractivity contribution in [2.75, 3.05) is 0 Å². The van der Waals surface area contributed by atoms with Gasteiger partial charge in [0.05, 0.1) is 0 Å². The van der Waals surface area contributed by atoms with Gasteiger partial charge in [-0.1, -0.05) is 42.5 Å². The Kier molecular flexibility index (Phi) is 2.23. The highest BCUT2D eigenvalue weighted by Crippen LogP contribution is 2.29. The predicted molar refractivity (Wildman–Crippen MR) is 58.0 cm³/mol. The molecule has 69 valence electrons. The molecule has 0 amide bonds. The van der Waals surface area contributed by atoms with E-state index in [9.17, 15) is 5.11 Å². The molecule has 0 fully saturated rings. The molecule has 2 aromatic carbocycles. The summed E-state index contributed by atoms with van der Waals surface area (Å²) in [5.74, 6) is 0.281. The second-order valence-corrected chi connectivity index (χ2v) is 3.22. The van der Waals surface area contributed by atoms with Crippen LogP contribution in [0.3, 0.4) is 0 Å². The van der Waals surface area contributed by atoms with Gasteiger partial charge in [-0.25, -0.2) is 0 Å². The molecular weight excluding hydrogens is 172 g/mol. The molecule has 1 radical (unpaired) electrons. The van der Waals surface area contributed by atoms with Crippen LogP contribution >= 0.6 is 0 Å². The quantitative estimate of drug-likeness (QED) is 0.719. The molecule has 14 heavy (non-hydrogen) atoms. The molecule has 0 aliphatic carbocycles. The largest absolute Gasteiger partial charge is 0.507 e. The molecule has 0 bridgehead atoms. The van der Waals surface area contributed by atoms with Crippen molar-refractivity contribution in [3.05, 3.63) is 61.0 Å². The number of hydrogen-bond donors (Lipinski definition) is 1. The SMILES string of the molecule is [CH2]c1ccc(-c2ccccc2)c(O)c1. The predicted octanol–water partition coefficient (Wildman–Crippen LogP) is 3.24. The van der Waals surface area contributed by atoms with Gasteiger partial charge in [0.2, 0.25) is 0 Å². The van der Waals surface area contributed by atoms with Gasteiger partial charge in [0.15, 0.2) is 0 Å². The highest BCUT2D eigenvalue weighted by atomic mass is 16.3. The maximum absolute atomic E-state index is 9.70. The summed E-state index contributed by atoms with van der Waals surface area (Å²) >= 11 is 0. The molecule has 0 aliphatic rings. The maximum Gasteiger partial charge on any atom is 0.123 e. The van der Waals surface area contributed by atoms with Gasteiger partial charge in [-0.15, -0.1) is 0 Å². The van der Waals surface area contributed by atoms with Crippen LogP contribution in [-0.4, -0.2) is 5.11 Å². The Balaban J connectivity index is 2.53. The minimum absolute atomic E-state index is 0.281. The average molecular weight is 183 g/mol. The first-order chi connectivity index (χ1) is 6.77. The summed E-state index contributed by atoms with van der Waals surface area (Å²) < 4.78 is 0. The summed E-state index contributed by atoms with van der Waals surface area (Å²) in [5, 5.41) is 9.70. The summed E-state index contributed by atoms with van der Waals surface area (Å²) in [6, 6.07) is 15.2. The van der Waals surface area contributed by atoms with Gasteiger partial charge in [-0.3, -0.25) is 0 Å². The van der Waals surface area contributed by atoms with Crippen LogP contribution in [-0.2, 0) is 0 Å². The zero-order valence-electron chi connectivity index (χ0n) is 7.77. The summed E-state index contributed by atoms with van der Waals surface area (Å²) in [6.07, 6.45) is 0. The number of aromatic hydroxyl groups is 1. The normalized spacial score (nSPS) is 10.1. The smallest absolute Gasteiger partial charge is 0.123 e. The van der Waals surface area contributed by atoms with Crippen molar-refractivity contribution in [1.29, 1.82) is 0 Å². The van der Waals surface area contributed by atoms with E-state index >= 15 is 0 Å². The zero-order valence-corrected chi connectivity index (χ0v) is 7.77. The van der Waals surface area contributed by atoms with Crippen LogP contribution in [0.15, 0.2) is 48.5 Å². The molecule has 0 aromatic heterocycles. The van der Waals surface area contributed by atoms with E-state index in [1.165, 1.54) is 0 Å². The third-order valence-electron chi connectivity index (χ3n) is 2.15. The third-order valence-corrected chi connectivity index (χ3v) is 2.15. The van der Waals surface area contributed by atoms with E-state index in [0.717, 1.165) is 16.7 Å². The molecule has 0 saturated carbocycles. The zero-order chi connectivity index (χ0) is 9.97. The molecular formula is C13H11O. The number of hydrogen-bond acceptors (Lipinski definition) is 1. The van der Waals surface area contributed by atoms with Gasteiger partial charge in [-0.05, 0) is 24.1 Å². The molecule has 0 heterocycles. The Morgan fingerprint density at radius 2 is 1.64 bits per heavy atom.